The van der Waals surface area contributed by atoms with Gasteiger partial charge in [-0.2, -0.15) is 0 Å². The molecule has 0 saturated heterocycles. The summed E-state index contributed by atoms with van der Waals surface area (Å²) >= 11 is 0. The maximum Gasteiger partial charge on any atom is 0.0786 e. The summed E-state index contributed by atoms with van der Waals surface area (Å²) in [5.74, 6) is 0.558. The molecule has 2 unspecified atom stereocenters. The van der Waals surface area contributed by atoms with E-state index in [0.29, 0.717) is 5.92 Å². The number of allylic oxidation sites excluding steroid dienone is 19. The number of aromatic nitrogens is 2. The molecule has 0 radical (unpaired) electrons. The number of hydrogen-bond acceptors (Lipinski definition) is 2. The normalized spacial score (nSPS) is 20.6. The average Bonchev–Trinajstić information content (AvgIpc) is 3.60. The Balaban J connectivity index is 0.880. The minimum absolute atomic E-state index is 0.0543. The highest BCUT2D eigenvalue weighted by molar-refractivity contribution is 6.06. The third-order valence-electron chi connectivity index (χ3n) is 14.4. The van der Waals surface area contributed by atoms with E-state index in [4.69, 9.17) is 9.97 Å². The molecule has 2 atom stereocenters. The largest absolute Gasteiger partial charge is 0.256 e. The van der Waals surface area contributed by atoms with Crippen molar-refractivity contribution in [2.24, 2.45) is 17.3 Å². The molecule has 2 aromatic heterocycles. The number of hydrogen-bond donors (Lipinski definition) is 0. The monoisotopic (exact) mass is 786 g/mol. The van der Waals surface area contributed by atoms with Gasteiger partial charge in [-0.25, -0.2) is 0 Å². The van der Waals surface area contributed by atoms with Crippen LogP contribution in [0.15, 0.2) is 215 Å². The Morgan fingerprint density at radius 3 is 1.79 bits per heavy atom. The van der Waals surface area contributed by atoms with Crippen LogP contribution in [0, 0.1) is 17.3 Å². The Morgan fingerprint density at radius 2 is 1.11 bits per heavy atom. The van der Waals surface area contributed by atoms with Crippen molar-refractivity contribution in [3.63, 3.8) is 0 Å². The predicted octanol–water partition coefficient (Wildman–Crippen LogP) is 15.4. The fourth-order valence-electron chi connectivity index (χ4n) is 11.2. The zero-order chi connectivity index (χ0) is 40.9. The van der Waals surface area contributed by atoms with E-state index >= 15 is 0 Å². The lowest BCUT2D eigenvalue weighted by atomic mass is 9.69. The van der Waals surface area contributed by atoms with Gasteiger partial charge in [-0.15, -0.1) is 0 Å². The maximum absolute atomic E-state index is 4.92. The van der Waals surface area contributed by atoms with E-state index in [1.54, 1.807) is 22.3 Å². The molecule has 0 aliphatic heterocycles. The van der Waals surface area contributed by atoms with Crippen LogP contribution in [-0.4, -0.2) is 9.97 Å². The van der Waals surface area contributed by atoms with Gasteiger partial charge in [0.15, 0.2) is 0 Å². The summed E-state index contributed by atoms with van der Waals surface area (Å²) in [5.41, 5.74) is 16.6. The highest BCUT2D eigenvalue weighted by atomic mass is 14.7. The van der Waals surface area contributed by atoms with E-state index in [1.807, 2.05) is 12.4 Å². The van der Waals surface area contributed by atoms with Gasteiger partial charge in [0.1, 0.15) is 0 Å². The molecule has 2 heterocycles. The molecule has 6 aromatic rings. The van der Waals surface area contributed by atoms with Gasteiger partial charge in [0.05, 0.1) is 11.4 Å². The van der Waals surface area contributed by atoms with Crippen LogP contribution in [-0.2, 0) is 0 Å². The molecule has 0 spiro atoms. The molecule has 2 heteroatoms. The molecule has 61 heavy (non-hydrogen) atoms. The van der Waals surface area contributed by atoms with Crippen molar-refractivity contribution in [3.8, 4) is 11.3 Å². The summed E-state index contributed by atoms with van der Waals surface area (Å²) in [5, 5.41) is 7.36. The van der Waals surface area contributed by atoms with Crippen molar-refractivity contribution in [2.45, 2.75) is 52.4 Å². The van der Waals surface area contributed by atoms with E-state index in [-0.39, 0.29) is 11.3 Å². The van der Waals surface area contributed by atoms with Gasteiger partial charge in [0.2, 0.25) is 0 Å². The zero-order valence-electron chi connectivity index (χ0n) is 35.1. The maximum atomic E-state index is 4.92. The fourth-order valence-corrected chi connectivity index (χ4v) is 11.2. The third kappa shape index (κ3) is 6.31. The number of pyridine rings is 2. The van der Waals surface area contributed by atoms with Crippen LogP contribution in [0.4, 0.5) is 0 Å². The minimum Gasteiger partial charge on any atom is -0.256 e. The van der Waals surface area contributed by atoms with Gasteiger partial charge in [0, 0.05) is 46.0 Å². The average molecular weight is 787 g/mol. The Kier molecular flexibility index (Phi) is 9.45. The summed E-state index contributed by atoms with van der Waals surface area (Å²) in [7, 11) is 0. The first-order valence-corrected chi connectivity index (χ1v) is 22.3. The number of nitrogens with zero attached hydrogens (tertiary/aromatic N) is 2. The number of rotatable bonds is 8. The van der Waals surface area contributed by atoms with Gasteiger partial charge in [-0.1, -0.05) is 172 Å². The topological polar surface area (TPSA) is 25.8 Å². The molecular weight excluding hydrogens is 737 g/mol. The molecule has 0 fully saturated rings. The molecule has 2 nitrogen and oxygen atoms in total. The van der Waals surface area contributed by atoms with Crippen molar-refractivity contribution < 1.29 is 0 Å². The summed E-state index contributed by atoms with van der Waals surface area (Å²) in [6.07, 6.45) is 39.1. The molecule has 0 N–H and O–H groups in total. The van der Waals surface area contributed by atoms with Gasteiger partial charge in [0.25, 0.3) is 0 Å². The van der Waals surface area contributed by atoms with Crippen LogP contribution < -0.4 is 0 Å². The van der Waals surface area contributed by atoms with E-state index in [9.17, 15) is 0 Å². The second-order valence-electron chi connectivity index (χ2n) is 17.3. The first-order valence-electron chi connectivity index (χ1n) is 22.3. The molecule has 0 bridgehead atoms. The summed E-state index contributed by atoms with van der Waals surface area (Å²) in [6.45, 7) is 4.81. The first-order chi connectivity index (χ1) is 30.1. The molecule has 296 valence electrons. The van der Waals surface area contributed by atoms with E-state index < -0.39 is 0 Å². The molecule has 11 rings (SSSR count). The van der Waals surface area contributed by atoms with Crippen LogP contribution in [0.5, 0.6) is 0 Å². The van der Waals surface area contributed by atoms with Gasteiger partial charge < -0.3 is 0 Å². The quantitative estimate of drug-likeness (QED) is 0.154. The highest BCUT2D eigenvalue weighted by Crippen LogP contribution is 2.58. The van der Waals surface area contributed by atoms with Crippen LogP contribution >= 0.6 is 0 Å². The van der Waals surface area contributed by atoms with Crippen LogP contribution in [0.25, 0.3) is 55.2 Å². The highest BCUT2D eigenvalue weighted by Gasteiger charge is 2.44. The van der Waals surface area contributed by atoms with Gasteiger partial charge in [-0.05, 0) is 122 Å². The lowest BCUT2D eigenvalue weighted by Crippen LogP contribution is -2.22. The molecule has 5 aliphatic carbocycles. The fraction of sp³-hybridized carbons (Fsp3) is 0.186. The van der Waals surface area contributed by atoms with Crippen molar-refractivity contribution >= 4 is 44.0 Å². The Hall–Kier alpha value is -6.64. The van der Waals surface area contributed by atoms with Crippen LogP contribution in [0.3, 0.4) is 0 Å². The smallest absolute Gasteiger partial charge is 0.0786 e. The van der Waals surface area contributed by atoms with Crippen molar-refractivity contribution in [3.05, 3.63) is 227 Å². The van der Waals surface area contributed by atoms with E-state index in [1.165, 1.54) is 65.7 Å². The summed E-state index contributed by atoms with van der Waals surface area (Å²) in [6, 6.07) is 34.7. The zero-order valence-corrected chi connectivity index (χ0v) is 35.1. The van der Waals surface area contributed by atoms with Crippen molar-refractivity contribution in [1.82, 2.24) is 9.97 Å². The Bertz CT molecular complexity index is 3100. The summed E-state index contributed by atoms with van der Waals surface area (Å²) < 4.78 is 0. The molecule has 0 amide bonds. The lowest BCUT2D eigenvalue weighted by molar-refractivity contribution is 0.417. The lowest BCUT2D eigenvalue weighted by Gasteiger charge is -2.34. The van der Waals surface area contributed by atoms with E-state index in [0.717, 1.165) is 49.9 Å². The SMILES string of the molecule is CCC1(CC)C2=C(CCC(/C=C/C3=CC=C(c4nccc5ccccc45)C4C=CC=CC34)=C2)C2=C1C=C(/C=C/c1ccc(-c3nccc4ccccc34)c3ccccc13)CC2. The van der Waals surface area contributed by atoms with Gasteiger partial charge in [-0.3, -0.25) is 9.97 Å². The third-order valence-corrected chi connectivity index (χ3v) is 14.4. The second kappa shape index (κ2) is 15.4. The van der Waals surface area contributed by atoms with Crippen LogP contribution in [0.2, 0.25) is 0 Å². The van der Waals surface area contributed by atoms with Crippen molar-refractivity contribution in [1.29, 1.82) is 0 Å². The Morgan fingerprint density at radius 1 is 0.541 bits per heavy atom. The van der Waals surface area contributed by atoms with Crippen molar-refractivity contribution in [2.75, 3.05) is 0 Å². The standard InChI is InChI=1S/C59H50N2/c1-3-59(4-2)55-37-39(21-25-43-27-31-53(49-19-11-9-15-45(43)49)57-47-17-7-5-13-41(47)33-35-60-57)23-29-51(55)52-30-24-40(38-56(52)59)22-26-44-28-32-54(50-20-12-10-16-46(44)50)58-48-18-8-6-14-42(48)34-36-61-58/h5-22,25-28,31-38,45,49H,3-4,23-24,29-30H2,1-2H3/b25-21+,26-22+. The first kappa shape index (κ1) is 37.4. The Labute approximate surface area is 359 Å². The minimum atomic E-state index is 0.0543. The van der Waals surface area contributed by atoms with Gasteiger partial charge >= 0.3 is 0 Å². The number of fused-ring (bicyclic) bond motifs is 5. The molecule has 4 aromatic carbocycles. The summed E-state index contributed by atoms with van der Waals surface area (Å²) in [4.78, 5) is 9.80. The predicted molar refractivity (Wildman–Crippen MR) is 258 cm³/mol. The molecule has 0 saturated carbocycles. The number of benzene rings is 4. The molecular formula is C59H50N2. The van der Waals surface area contributed by atoms with E-state index in [2.05, 4.69) is 184 Å². The second-order valence-corrected chi connectivity index (χ2v) is 17.3. The van der Waals surface area contributed by atoms with Crippen LogP contribution in [0.1, 0.15) is 63.6 Å². The molecule has 5 aliphatic rings.